The van der Waals surface area contributed by atoms with Crippen molar-refractivity contribution in [3.8, 4) is 5.75 Å². The summed E-state index contributed by atoms with van der Waals surface area (Å²) in [4.78, 5) is 25.8. The Morgan fingerprint density at radius 2 is 2.09 bits per heavy atom. The van der Waals surface area contributed by atoms with Crippen LogP contribution >= 0.6 is 0 Å². The molecule has 0 aliphatic carbocycles. The molecule has 1 aliphatic heterocycles. The molecule has 0 radical (unpaired) electrons. The van der Waals surface area contributed by atoms with Gasteiger partial charge >= 0.3 is 5.97 Å². The third-order valence-corrected chi connectivity index (χ3v) is 3.93. The zero-order valence-electron chi connectivity index (χ0n) is 12.9. The minimum atomic E-state index is -1.02. The normalized spacial score (nSPS) is 20.9. The first kappa shape index (κ1) is 16.3. The number of carbonyl (C=O) groups is 2. The Morgan fingerprint density at radius 3 is 2.73 bits per heavy atom. The fourth-order valence-corrected chi connectivity index (χ4v) is 2.77. The summed E-state index contributed by atoms with van der Waals surface area (Å²) in [6, 6.07) is 7.01. The molecule has 0 saturated carbocycles. The van der Waals surface area contributed by atoms with Crippen LogP contribution in [0.5, 0.6) is 5.75 Å². The number of likely N-dealkylation sites (tertiary alicyclic amines) is 1. The molecule has 1 atom stereocenters. The second-order valence-electron chi connectivity index (χ2n) is 5.42. The van der Waals surface area contributed by atoms with Gasteiger partial charge in [-0.25, -0.2) is 0 Å². The number of amides is 1. The number of ether oxygens (including phenoxy) is 2. The average Bonchev–Trinajstić information content (AvgIpc) is 2.93. The van der Waals surface area contributed by atoms with Crippen LogP contribution in [-0.4, -0.2) is 55.3 Å². The lowest BCUT2D eigenvalue weighted by Crippen LogP contribution is -2.40. The molecule has 0 bridgehead atoms. The Morgan fingerprint density at radius 1 is 1.36 bits per heavy atom. The van der Waals surface area contributed by atoms with Crippen LogP contribution in [0, 0.1) is 5.41 Å². The average molecular weight is 307 g/mol. The molecule has 1 amide bonds. The molecule has 0 spiro atoms. The van der Waals surface area contributed by atoms with Crippen LogP contribution < -0.4 is 4.74 Å². The first-order chi connectivity index (χ1) is 10.5. The largest absolute Gasteiger partial charge is 0.493 e. The van der Waals surface area contributed by atoms with Crippen LogP contribution in [0.25, 0.3) is 0 Å². The highest BCUT2D eigenvalue weighted by Gasteiger charge is 2.46. The molecule has 1 fully saturated rings. The van der Waals surface area contributed by atoms with Gasteiger partial charge in [-0.1, -0.05) is 12.1 Å². The SMILES string of the molecule is CCOc1ccccc1C(=O)N1CCC(COC)(C(=O)O)C1. The molecular formula is C16H21NO5. The summed E-state index contributed by atoms with van der Waals surface area (Å²) in [7, 11) is 1.47. The minimum Gasteiger partial charge on any atom is -0.493 e. The van der Waals surface area contributed by atoms with Gasteiger partial charge in [-0.2, -0.15) is 0 Å². The second-order valence-corrected chi connectivity index (χ2v) is 5.42. The lowest BCUT2D eigenvalue weighted by molar-refractivity contribution is -0.151. The molecule has 120 valence electrons. The van der Waals surface area contributed by atoms with E-state index in [0.717, 1.165) is 0 Å². The second kappa shape index (κ2) is 6.79. The van der Waals surface area contributed by atoms with E-state index in [1.165, 1.54) is 7.11 Å². The molecule has 6 heteroatoms. The topological polar surface area (TPSA) is 76.1 Å². The van der Waals surface area contributed by atoms with Gasteiger partial charge in [0.2, 0.25) is 0 Å². The fraction of sp³-hybridized carbons (Fsp3) is 0.500. The predicted octanol–water partition coefficient (Wildman–Crippen LogP) is 1.65. The van der Waals surface area contributed by atoms with Crippen molar-refractivity contribution in [3.05, 3.63) is 29.8 Å². The van der Waals surface area contributed by atoms with Crippen LogP contribution in [0.3, 0.4) is 0 Å². The van der Waals surface area contributed by atoms with Crippen molar-refractivity contribution in [1.82, 2.24) is 4.90 Å². The van der Waals surface area contributed by atoms with Crippen molar-refractivity contribution < 1.29 is 24.2 Å². The van der Waals surface area contributed by atoms with E-state index in [2.05, 4.69) is 0 Å². The summed E-state index contributed by atoms with van der Waals surface area (Å²) < 4.78 is 10.5. The Labute approximate surface area is 129 Å². The molecule has 1 unspecified atom stereocenters. The molecule has 1 heterocycles. The van der Waals surface area contributed by atoms with E-state index in [-0.39, 0.29) is 19.1 Å². The van der Waals surface area contributed by atoms with Crippen LogP contribution in [0.2, 0.25) is 0 Å². The molecule has 6 nitrogen and oxygen atoms in total. The molecular weight excluding hydrogens is 286 g/mol. The van der Waals surface area contributed by atoms with Crippen LogP contribution in [0.15, 0.2) is 24.3 Å². The molecule has 0 aromatic heterocycles. The van der Waals surface area contributed by atoms with Gasteiger partial charge in [0, 0.05) is 20.2 Å². The maximum Gasteiger partial charge on any atom is 0.313 e. The Hall–Kier alpha value is -2.08. The molecule has 1 N–H and O–H groups in total. The Kier molecular flexibility index (Phi) is 5.03. The molecule has 22 heavy (non-hydrogen) atoms. The van der Waals surface area contributed by atoms with Gasteiger partial charge in [0.25, 0.3) is 5.91 Å². The van der Waals surface area contributed by atoms with Crippen molar-refractivity contribution in [2.24, 2.45) is 5.41 Å². The maximum absolute atomic E-state index is 12.7. The highest BCUT2D eigenvalue weighted by molar-refractivity contribution is 5.97. The summed E-state index contributed by atoms with van der Waals surface area (Å²) in [5.74, 6) is -0.611. The number of benzene rings is 1. The van der Waals surface area contributed by atoms with Gasteiger partial charge in [-0.3, -0.25) is 9.59 Å². The van der Waals surface area contributed by atoms with E-state index in [1.807, 2.05) is 6.92 Å². The lowest BCUT2D eigenvalue weighted by Gasteiger charge is -2.24. The van der Waals surface area contributed by atoms with Crippen molar-refractivity contribution in [1.29, 1.82) is 0 Å². The summed E-state index contributed by atoms with van der Waals surface area (Å²) in [5, 5.41) is 9.46. The zero-order valence-corrected chi connectivity index (χ0v) is 12.9. The predicted molar refractivity (Wildman–Crippen MR) is 80.1 cm³/mol. The summed E-state index contributed by atoms with van der Waals surface area (Å²) in [6.07, 6.45) is 0.388. The van der Waals surface area contributed by atoms with Crippen LogP contribution in [0.4, 0.5) is 0 Å². The van der Waals surface area contributed by atoms with E-state index in [0.29, 0.717) is 30.9 Å². The molecule has 1 saturated heterocycles. The molecule has 1 aromatic rings. The van der Waals surface area contributed by atoms with Gasteiger partial charge in [-0.15, -0.1) is 0 Å². The Balaban J connectivity index is 2.20. The number of rotatable bonds is 6. The summed E-state index contributed by atoms with van der Waals surface area (Å²) in [6.45, 7) is 2.96. The lowest BCUT2D eigenvalue weighted by atomic mass is 9.88. The minimum absolute atomic E-state index is 0.0964. The van der Waals surface area contributed by atoms with Crippen LogP contribution in [0.1, 0.15) is 23.7 Å². The molecule has 1 aromatic carbocycles. The van der Waals surface area contributed by atoms with Gasteiger partial charge in [0.1, 0.15) is 11.2 Å². The van der Waals surface area contributed by atoms with E-state index >= 15 is 0 Å². The van der Waals surface area contributed by atoms with Crippen molar-refractivity contribution in [2.45, 2.75) is 13.3 Å². The van der Waals surface area contributed by atoms with Crippen molar-refractivity contribution >= 4 is 11.9 Å². The smallest absolute Gasteiger partial charge is 0.313 e. The number of para-hydroxylation sites is 1. The quantitative estimate of drug-likeness (QED) is 0.865. The number of hydrogen-bond donors (Lipinski definition) is 1. The monoisotopic (exact) mass is 307 g/mol. The number of nitrogens with zero attached hydrogens (tertiary/aromatic N) is 1. The number of carbonyl (C=O) groups excluding carboxylic acids is 1. The fourth-order valence-electron chi connectivity index (χ4n) is 2.77. The van der Waals surface area contributed by atoms with Crippen molar-refractivity contribution in [3.63, 3.8) is 0 Å². The van der Waals surface area contributed by atoms with Gasteiger partial charge < -0.3 is 19.5 Å². The first-order valence-electron chi connectivity index (χ1n) is 7.27. The third-order valence-electron chi connectivity index (χ3n) is 3.93. The van der Waals surface area contributed by atoms with Gasteiger partial charge in [0.05, 0.1) is 18.8 Å². The number of carboxylic acids is 1. The number of hydrogen-bond acceptors (Lipinski definition) is 4. The highest BCUT2D eigenvalue weighted by atomic mass is 16.5. The van der Waals surface area contributed by atoms with Gasteiger partial charge in [0.15, 0.2) is 0 Å². The number of aliphatic carboxylic acids is 1. The molecule has 2 rings (SSSR count). The number of carboxylic acid groups (broad SMARTS) is 1. The highest BCUT2D eigenvalue weighted by Crippen LogP contribution is 2.33. The van der Waals surface area contributed by atoms with Gasteiger partial charge in [-0.05, 0) is 25.5 Å². The van der Waals surface area contributed by atoms with Crippen LogP contribution in [-0.2, 0) is 9.53 Å². The first-order valence-corrected chi connectivity index (χ1v) is 7.27. The van der Waals surface area contributed by atoms with E-state index in [9.17, 15) is 14.7 Å². The molecule has 1 aliphatic rings. The standard InChI is InChI=1S/C16H21NO5/c1-3-22-13-7-5-4-6-12(13)14(18)17-9-8-16(10-17,11-21-2)15(19)20/h4-7H,3,8-11H2,1-2H3,(H,19,20). The number of methoxy groups -OCH3 is 1. The van der Waals surface area contributed by atoms with Crippen molar-refractivity contribution in [2.75, 3.05) is 33.4 Å². The maximum atomic E-state index is 12.7. The summed E-state index contributed by atoms with van der Waals surface area (Å²) >= 11 is 0. The Bertz CT molecular complexity index is 559. The zero-order chi connectivity index (χ0) is 16.2. The third kappa shape index (κ3) is 3.06. The van der Waals surface area contributed by atoms with E-state index in [1.54, 1.807) is 29.2 Å². The van der Waals surface area contributed by atoms with E-state index < -0.39 is 11.4 Å². The van der Waals surface area contributed by atoms with E-state index in [4.69, 9.17) is 9.47 Å². The summed E-state index contributed by atoms with van der Waals surface area (Å²) in [5.41, 5.74) is -0.562.